The normalized spacial score (nSPS) is 12.4. The van der Waals surface area contributed by atoms with E-state index in [4.69, 9.17) is 24.7 Å². The monoisotopic (exact) mass is 283 g/mol. The van der Waals surface area contributed by atoms with E-state index in [0.717, 1.165) is 16.9 Å². The van der Waals surface area contributed by atoms with Crippen LogP contribution in [0.1, 0.15) is 17.2 Å². The number of aryl methyl sites for hydroxylation is 1. The molecule has 0 fully saturated rings. The summed E-state index contributed by atoms with van der Waals surface area (Å²) in [5.74, 6) is 0.794. The number of methoxy groups -OCH3 is 2. The van der Waals surface area contributed by atoms with E-state index >= 15 is 0 Å². The third kappa shape index (κ3) is 5.88. The Morgan fingerprint density at radius 2 is 1.75 bits per heavy atom. The van der Waals surface area contributed by atoms with Gasteiger partial charge in [-0.05, 0) is 13.0 Å². The fourth-order valence-corrected chi connectivity index (χ4v) is 1.81. The van der Waals surface area contributed by atoms with Gasteiger partial charge >= 0.3 is 0 Å². The van der Waals surface area contributed by atoms with Crippen molar-refractivity contribution in [2.45, 2.75) is 13.0 Å². The molecule has 0 aliphatic carbocycles. The van der Waals surface area contributed by atoms with Crippen molar-refractivity contribution in [2.24, 2.45) is 5.73 Å². The van der Waals surface area contributed by atoms with E-state index in [-0.39, 0.29) is 6.04 Å². The summed E-state index contributed by atoms with van der Waals surface area (Å²) < 4.78 is 21.0. The topological polar surface area (TPSA) is 62.9 Å². The fourth-order valence-electron chi connectivity index (χ4n) is 1.81. The fraction of sp³-hybridized carbons (Fsp3) is 0.600. The van der Waals surface area contributed by atoms with E-state index in [2.05, 4.69) is 0 Å². The van der Waals surface area contributed by atoms with Crippen molar-refractivity contribution < 1.29 is 18.9 Å². The number of rotatable bonds is 10. The highest BCUT2D eigenvalue weighted by molar-refractivity contribution is 5.39. The van der Waals surface area contributed by atoms with Gasteiger partial charge in [-0.3, -0.25) is 0 Å². The molecule has 1 atom stereocenters. The molecule has 0 aliphatic heterocycles. The van der Waals surface area contributed by atoms with Gasteiger partial charge in [0.05, 0.1) is 46.2 Å². The van der Waals surface area contributed by atoms with Gasteiger partial charge in [-0.25, -0.2) is 0 Å². The second kappa shape index (κ2) is 9.72. The Hall–Kier alpha value is -1.14. The summed E-state index contributed by atoms with van der Waals surface area (Å²) in [7, 11) is 3.29. The predicted octanol–water partition coefficient (Wildman–Crippen LogP) is 1.68. The average Bonchev–Trinajstić information content (AvgIpc) is 2.46. The second-order valence-corrected chi connectivity index (χ2v) is 4.53. The lowest BCUT2D eigenvalue weighted by Gasteiger charge is -2.16. The predicted molar refractivity (Wildman–Crippen MR) is 78.2 cm³/mol. The van der Waals surface area contributed by atoms with Crippen LogP contribution >= 0.6 is 0 Å². The molecular formula is C15H25NO4. The summed E-state index contributed by atoms with van der Waals surface area (Å²) >= 11 is 0. The van der Waals surface area contributed by atoms with Crippen molar-refractivity contribution in [3.63, 3.8) is 0 Å². The van der Waals surface area contributed by atoms with Gasteiger partial charge in [0.2, 0.25) is 0 Å². The molecule has 5 heteroatoms. The highest BCUT2D eigenvalue weighted by Gasteiger charge is 2.12. The molecule has 20 heavy (non-hydrogen) atoms. The Morgan fingerprint density at radius 3 is 2.45 bits per heavy atom. The van der Waals surface area contributed by atoms with Crippen LogP contribution in [0.4, 0.5) is 0 Å². The zero-order chi connectivity index (χ0) is 14.8. The number of ether oxygens (including phenoxy) is 4. The molecule has 0 aliphatic rings. The van der Waals surface area contributed by atoms with Gasteiger partial charge in [0.15, 0.2) is 0 Å². The van der Waals surface area contributed by atoms with E-state index in [9.17, 15) is 0 Å². The molecule has 5 nitrogen and oxygen atoms in total. The van der Waals surface area contributed by atoms with Crippen molar-refractivity contribution in [1.29, 1.82) is 0 Å². The summed E-state index contributed by atoms with van der Waals surface area (Å²) in [6.45, 7) is 4.71. The van der Waals surface area contributed by atoms with Gasteiger partial charge in [-0.1, -0.05) is 17.7 Å². The molecule has 0 amide bonds. The second-order valence-electron chi connectivity index (χ2n) is 4.53. The van der Waals surface area contributed by atoms with Crippen LogP contribution in [0.2, 0.25) is 0 Å². The molecule has 1 rings (SSSR count). The summed E-state index contributed by atoms with van der Waals surface area (Å²) in [4.78, 5) is 0. The van der Waals surface area contributed by atoms with Crippen LogP contribution in [0.5, 0.6) is 5.75 Å². The van der Waals surface area contributed by atoms with Gasteiger partial charge in [0.1, 0.15) is 5.75 Å². The molecule has 0 heterocycles. The van der Waals surface area contributed by atoms with E-state index in [0.29, 0.717) is 33.0 Å². The largest absolute Gasteiger partial charge is 0.496 e. The lowest BCUT2D eigenvalue weighted by molar-refractivity contribution is 0.0214. The lowest BCUT2D eigenvalue weighted by atomic mass is 10.0. The van der Waals surface area contributed by atoms with Crippen LogP contribution in [0.3, 0.4) is 0 Å². The first-order valence-corrected chi connectivity index (χ1v) is 6.73. The summed E-state index contributed by atoms with van der Waals surface area (Å²) in [5, 5.41) is 0. The van der Waals surface area contributed by atoms with Crippen molar-refractivity contribution >= 4 is 0 Å². The maximum absolute atomic E-state index is 6.14. The van der Waals surface area contributed by atoms with Crippen LogP contribution in [0.15, 0.2) is 18.2 Å². The molecule has 0 bridgehead atoms. The van der Waals surface area contributed by atoms with Crippen molar-refractivity contribution in [2.75, 3.05) is 47.3 Å². The molecule has 0 saturated carbocycles. The molecular weight excluding hydrogens is 258 g/mol. The van der Waals surface area contributed by atoms with E-state index < -0.39 is 0 Å². The molecule has 1 aromatic carbocycles. The SMILES string of the molecule is COCCOCCOCC(N)c1cc(C)ccc1OC. The van der Waals surface area contributed by atoms with Crippen LogP contribution in [-0.4, -0.2) is 47.3 Å². The Labute approximate surface area is 121 Å². The van der Waals surface area contributed by atoms with E-state index in [1.165, 1.54) is 0 Å². The maximum Gasteiger partial charge on any atom is 0.123 e. The molecule has 0 radical (unpaired) electrons. The lowest BCUT2D eigenvalue weighted by Crippen LogP contribution is -2.20. The van der Waals surface area contributed by atoms with E-state index in [1.54, 1.807) is 14.2 Å². The van der Waals surface area contributed by atoms with Crippen LogP contribution in [-0.2, 0) is 14.2 Å². The number of hydrogen-bond acceptors (Lipinski definition) is 5. The van der Waals surface area contributed by atoms with Gasteiger partial charge in [0, 0.05) is 12.7 Å². The van der Waals surface area contributed by atoms with Crippen molar-refractivity contribution in [3.8, 4) is 5.75 Å². The van der Waals surface area contributed by atoms with Crippen LogP contribution in [0, 0.1) is 6.92 Å². The highest BCUT2D eigenvalue weighted by atomic mass is 16.5. The molecule has 114 valence electrons. The van der Waals surface area contributed by atoms with Crippen LogP contribution in [0.25, 0.3) is 0 Å². The Bertz CT molecular complexity index is 384. The zero-order valence-corrected chi connectivity index (χ0v) is 12.6. The van der Waals surface area contributed by atoms with Crippen LogP contribution < -0.4 is 10.5 Å². The molecule has 0 saturated heterocycles. The highest BCUT2D eigenvalue weighted by Crippen LogP contribution is 2.25. The van der Waals surface area contributed by atoms with E-state index in [1.807, 2.05) is 25.1 Å². The average molecular weight is 283 g/mol. The number of benzene rings is 1. The first-order chi connectivity index (χ1) is 9.69. The molecule has 1 aromatic rings. The Morgan fingerprint density at radius 1 is 1.05 bits per heavy atom. The molecule has 2 N–H and O–H groups in total. The van der Waals surface area contributed by atoms with Crippen molar-refractivity contribution in [1.82, 2.24) is 0 Å². The minimum Gasteiger partial charge on any atom is -0.496 e. The zero-order valence-electron chi connectivity index (χ0n) is 12.6. The number of hydrogen-bond donors (Lipinski definition) is 1. The maximum atomic E-state index is 6.14. The molecule has 0 aromatic heterocycles. The van der Waals surface area contributed by atoms with Crippen molar-refractivity contribution in [3.05, 3.63) is 29.3 Å². The quantitative estimate of drug-likeness (QED) is 0.662. The molecule has 0 spiro atoms. The van der Waals surface area contributed by atoms with Gasteiger partial charge < -0.3 is 24.7 Å². The summed E-state index contributed by atoms with van der Waals surface area (Å²) in [6.07, 6.45) is 0. The van der Waals surface area contributed by atoms with Gasteiger partial charge in [-0.2, -0.15) is 0 Å². The smallest absolute Gasteiger partial charge is 0.123 e. The minimum atomic E-state index is -0.205. The first-order valence-electron chi connectivity index (χ1n) is 6.73. The standard InChI is InChI=1S/C15H25NO4/c1-12-4-5-15(18-3)13(10-12)14(16)11-20-9-8-19-7-6-17-2/h4-5,10,14H,6-9,11,16H2,1-3H3. The summed E-state index contributed by atoms with van der Waals surface area (Å²) in [5.41, 5.74) is 8.25. The number of nitrogens with two attached hydrogens (primary N) is 1. The Kier molecular flexibility index (Phi) is 8.22. The third-order valence-corrected chi connectivity index (χ3v) is 2.89. The van der Waals surface area contributed by atoms with Gasteiger partial charge in [0.25, 0.3) is 0 Å². The summed E-state index contributed by atoms with van der Waals surface area (Å²) in [6, 6.07) is 5.75. The third-order valence-electron chi connectivity index (χ3n) is 2.89. The van der Waals surface area contributed by atoms with Gasteiger partial charge in [-0.15, -0.1) is 0 Å². The molecule has 1 unspecified atom stereocenters. The minimum absolute atomic E-state index is 0.205. The Balaban J connectivity index is 2.32. The first kappa shape index (κ1) is 16.9.